The van der Waals surface area contributed by atoms with Crippen molar-refractivity contribution in [2.45, 2.75) is 32.4 Å². The molecule has 1 saturated heterocycles. The maximum atomic E-state index is 12.5. The zero-order chi connectivity index (χ0) is 22.3. The Morgan fingerprint density at radius 3 is 2.28 bits per heavy atom. The number of rotatable bonds is 8. The van der Waals surface area contributed by atoms with Gasteiger partial charge < -0.3 is 5.32 Å². The monoisotopic (exact) mass is 429 g/mol. The summed E-state index contributed by atoms with van der Waals surface area (Å²) in [5.74, 6) is -0.241. The lowest BCUT2D eigenvalue weighted by Crippen LogP contribution is -2.25. The van der Waals surface area contributed by atoms with E-state index in [1.165, 1.54) is 37.6 Å². The second-order valence-electron chi connectivity index (χ2n) is 8.18. The normalized spacial score (nSPS) is 13.8. The number of benzene rings is 3. The predicted octanol–water partition coefficient (Wildman–Crippen LogP) is 4.72. The number of amides is 1. The smallest absolute Gasteiger partial charge is 0.273 e. The van der Waals surface area contributed by atoms with Crippen LogP contribution in [0.25, 0.3) is 11.1 Å². The average molecular weight is 430 g/mol. The van der Waals surface area contributed by atoms with Crippen LogP contribution in [0.4, 0.5) is 5.69 Å². The minimum Gasteiger partial charge on any atom is -0.352 e. The summed E-state index contributed by atoms with van der Waals surface area (Å²) in [6, 6.07) is 23.0. The molecule has 3 aromatic rings. The Bertz CT molecular complexity index is 1090. The van der Waals surface area contributed by atoms with Gasteiger partial charge in [0.1, 0.15) is 0 Å². The van der Waals surface area contributed by atoms with E-state index in [-0.39, 0.29) is 18.0 Å². The summed E-state index contributed by atoms with van der Waals surface area (Å²) in [5.41, 5.74) is 4.89. The maximum absolute atomic E-state index is 12.5. The predicted molar refractivity (Wildman–Crippen MR) is 125 cm³/mol. The molecule has 1 aliphatic heterocycles. The molecule has 0 radical (unpaired) electrons. The molecule has 1 fully saturated rings. The molecule has 0 saturated carbocycles. The molecular weight excluding hydrogens is 402 g/mol. The molecule has 0 aromatic heterocycles. The number of para-hydroxylation sites is 1. The molecule has 6 nitrogen and oxygen atoms in total. The number of likely N-dealkylation sites (tertiary alicyclic amines) is 1. The van der Waals surface area contributed by atoms with Gasteiger partial charge in [-0.15, -0.1) is 0 Å². The standard InChI is InChI=1S/C26H27N3O3/c30-26(17-22-7-2-4-10-25(22)29(31)32)27-18-23-8-1-3-9-24(23)21-13-11-20(12-14-21)19-28-15-5-6-16-28/h1-4,7-14H,5-6,15-19H2,(H,27,30). The second-order valence-corrected chi connectivity index (χ2v) is 8.18. The Morgan fingerprint density at radius 2 is 1.56 bits per heavy atom. The van der Waals surface area contributed by atoms with Gasteiger partial charge in [-0.25, -0.2) is 0 Å². The highest BCUT2D eigenvalue weighted by Gasteiger charge is 2.16. The van der Waals surface area contributed by atoms with Crippen molar-refractivity contribution in [2.75, 3.05) is 13.1 Å². The van der Waals surface area contributed by atoms with Crippen LogP contribution in [0.3, 0.4) is 0 Å². The van der Waals surface area contributed by atoms with E-state index >= 15 is 0 Å². The van der Waals surface area contributed by atoms with E-state index in [1.54, 1.807) is 18.2 Å². The van der Waals surface area contributed by atoms with E-state index in [0.717, 1.165) is 23.2 Å². The molecule has 1 aliphatic rings. The van der Waals surface area contributed by atoms with Crippen LogP contribution in [0.1, 0.15) is 29.5 Å². The fraction of sp³-hybridized carbons (Fsp3) is 0.269. The van der Waals surface area contributed by atoms with Crippen molar-refractivity contribution in [2.24, 2.45) is 0 Å². The van der Waals surface area contributed by atoms with Crippen LogP contribution in [0.15, 0.2) is 72.8 Å². The molecule has 4 rings (SSSR count). The van der Waals surface area contributed by atoms with Crippen molar-refractivity contribution in [1.29, 1.82) is 0 Å². The van der Waals surface area contributed by atoms with Gasteiger partial charge in [0.25, 0.3) is 5.69 Å². The largest absolute Gasteiger partial charge is 0.352 e. The number of nitrogens with zero attached hydrogens (tertiary/aromatic N) is 2. The number of hydrogen-bond acceptors (Lipinski definition) is 4. The van der Waals surface area contributed by atoms with Gasteiger partial charge >= 0.3 is 0 Å². The SMILES string of the molecule is O=C(Cc1ccccc1[N+](=O)[O-])NCc1ccccc1-c1ccc(CN2CCCC2)cc1. The van der Waals surface area contributed by atoms with Crippen molar-refractivity contribution in [3.63, 3.8) is 0 Å². The minimum atomic E-state index is -0.453. The molecule has 0 aliphatic carbocycles. The maximum Gasteiger partial charge on any atom is 0.273 e. The van der Waals surface area contributed by atoms with Crippen molar-refractivity contribution in [1.82, 2.24) is 10.2 Å². The van der Waals surface area contributed by atoms with Crippen LogP contribution >= 0.6 is 0 Å². The third kappa shape index (κ3) is 5.39. The minimum absolute atomic E-state index is 0.0233. The van der Waals surface area contributed by atoms with E-state index in [9.17, 15) is 14.9 Å². The highest BCUT2D eigenvalue weighted by atomic mass is 16.6. The van der Waals surface area contributed by atoms with E-state index < -0.39 is 4.92 Å². The molecule has 1 amide bonds. The quantitative estimate of drug-likeness (QED) is 0.415. The molecule has 3 aromatic carbocycles. The second kappa shape index (κ2) is 10.2. The summed E-state index contributed by atoms with van der Waals surface area (Å²) in [6.45, 7) is 3.71. The van der Waals surface area contributed by atoms with E-state index in [2.05, 4.69) is 40.5 Å². The summed E-state index contributed by atoms with van der Waals surface area (Å²) in [6.07, 6.45) is 2.55. The van der Waals surface area contributed by atoms with E-state index in [4.69, 9.17) is 0 Å². The third-order valence-corrected chi connectivity index (χ3v) is 5.90. The number of carbonyl (C=O) groups is 1. The van der Waals surface area contributed by atoms with Gasteiger partial charge in [0, 0.05) is 24.7 Å². The average Bonchev–Trinajstić information content (AvgIpc) is 3.32. The van der Waals surface area contributed by atoms with Gasteiger partial charge in [-0.3, -0.25) is 19.8 Å². The lowest BCUT2D eigenvalue weighted by atomic mass is 9.98. The lowest BCUT2D eigenvalue weighted by molar-refractivity contribution is -0.385. The molecule has 0 bridgehead atoms. The molecule has 1 N–H and O–H groups in total. The molecule has 32 heavy (non-hydrogen) atoms. The third-order valence-electron chi connectivity index (χ3n) is 5.90. The molecular formula is C26H27N3O3. The number of nitro benzene ring substituents is 1. The number of hydrogen-bond donors (Lipinski definition) is 1. The summed E-state index contributed by atoms with van der Waals surface area (Å²) in [4.78, 5) is 25.7. The molecule has 6 heteroatoms. The highest BCUT2D eigenvalue weighted by molar-refractivity contribution is 5.80. The van der Waals surface area contributed by atoms with Gasteiger partial charge in [0.15, 0.2) is 0 Å². The van der Waals surface area contributed by atoms with E-state index in [1.807, 2.05) is 18.2 Å². The molecule has 0 spiro atoms. The van der Waals surface area contributed by atoms with E-state index in [0.29, 0.717) is 12.1 Å². The first-order valence-electron chi connectivity index (χ1n) is 11.0. The van der Waals surface area contributed by atoms with Crippen LogP contribution in [0.2, 0.25) is 0 Å². The Balaban J connectivity index is 1.41. The van der Waals surface area contributed by atoms with Crippen LogP contribution in [-0.2, 0) is 24.3 Å². The van der Waals surface area contributed by atoms with Crippen LogP contribution in [0.5, 0.6) is 0 Å². The molecule has 0 atom stereocenters. The van der Waals surface area contributed by atoms with Gasteiger partial charge in [-0.05, 0) is 48.2 Å². The summed E-state index contributed by atoms with van der Waals surface area (Å²) >= 11 is 0. The van der Waals surface area contributed by atoms with Crippen molar-refractivity contribution in [3.05, 3.63) is 99.6 Å². The van der Waals surface area contributed by atoms with Gasteiger partial charge in [0.2, 0.25) is 5.91 Å². The first-order valence-corrected chi connectivity index (χ1v) is 11.0. The molecule has 1 heterocycles. The van der Waals surface area contributed by atoms with Crippen molar-refractivity contribution < 1.29 is 9.72 Å². The zero-order valence-corrected chi connectivity index (χ0v) is 18.0. The Labute approximate surface area is 188 Å². The van der Waals surface area contributed by atoms with Gasteiger partial charge in [0.05, 0.1) is 11.3 Å². The van der Waals surface area contributed by atoms with Gasteiger partial charge in [-0.1, -0.05) is 66.7 Å². The summed E-state index contributed by atoms with van der Waals surface area (Å²) in [7, 11) is 0. The topological polar surface area (TPSA) is 75.5 Å². The lowest BCUT2D eigenvalue weighted by Gasteiger charge is -2.15. The fourth-order valence-electron chi connectivity index (χ4n) is 4.21. The molecule has 164 valence electrons. The number of nitrogens with one attached hydrogen (secondary N) is 1. The fourth-order valence-corrected chi connectivity index (χ4v) is 4.21. The Hall–Kier alpha value is -3.51. The zero-order valence-electron chi connectivity index (χ0n) is 18.0. The van der Waals surface area contributed by atoms with Crippen LogP contribution < -0.4 is 5.32 Å². The van der Waals surface area contributed by atoms with Crippen LogP contribution in [0, 0.1) is 10.1 Å². The van der Waals surface area contributed by atoms with Crippen LogP contribution in [-0.4, -0.2) is 28.8 Å². The summed E-state index contributed by atoms with van der Waals surface area (Å²) < 4.78 is 0. The number of nitro groups is 1. The van der Waals surface area contributed by atoms with Crippen molar-refractivity contribution in [3.8, 4) is 11.1 Å². The first kappa shape index (κ1) is 21.7. The Kier molecular flexibility index (Phi) is 6.92. The van der Waals surface area contributed by atoms with Gasteiger partial charge in [-0.2, -0.15) is 0 Å². The van der Waals surface area contributed by atoms with Crippen molar-refractivity contribution >= 4 is 11.6 Å². The highest BCUT2D eigenvalue weighted by Crippen LogP contribution is 2.25. The molecule has 0 unspecified atom stereocenters. The Morgan fingerprint density at radius 1 is 0.906 bits per heavy atom. The number of carbonyl (C=O) groups excluding carboxylic acids is 1. The first-order chi connectivity index (χ1) is 15.6. The summed E-state index contributed by atoms with van der Waals surface area (Å²) in [5, 5.41) is 14.1.